The number of halogens is 1. The summed E-state index contributed by atoms with van der Waals surface area (Å²) in [4.78, 5) is 16.8. The predicted octanol–water partition coefficient (Wildman–Crippen LogP) is 3.30. The van der Waals surface area contributed by atoms with Crippen LogP contribution in [-0.2, 0) is 4.79 Å². The summed E-state index contributed by atoms with van der Waals surface area (Å²) in [5.74, 6) is 0.323. The first-order chi connectivity index (χ1) is 10.4. The first-order valence-electron chi connectivity index (χ1n) is 8.24. The Morgan fingerprint density at radius 3 is 2.55 bits per heavy atom. The van der Waals surface area contributed by atoms with Gasteiger partial charge in [0.2, 0.25) is 5.91 Å². The van der Waals surface area contributed by atoms with Crippen molar-refractivity contribution in [1.82, 2.24) is 4.90 Å². The first kappa shape index (κ1) is 15.3. The number of hydrogen-bond acceptors (Lipinski definition) is 2. The zero-order valence-electron chi connectivity index (χ0n) is 13.5. The SMILES string of the molecule is CC1(C)CCC(C(=O)N2CCN(c3cccc(F)c3)CC2)C1. The second kappa shape index (κ2) is 5.90. The van der Waals surface area contributed by atoms with Crippen molar-refractivity contribution >= 4 is 11.6 Å². The van der Waals surface area contributed by atoms with E-state index in [1.165, 1.54) is 6.07 Å². The normalized spacial score (nSPS) is 24.6. The van der Waals surface area contributed by atoms with Gasteiger partial charge in [0.1, 0.15) is 5.82 Å². The molecule has 0 spiro atoms. The summed E-state index contributed by atoms with van der Waals surface area (Å²) >= 11 is 0. The van der Waals surface area contributed by atoms with Crippen LogP contribution in [0.1, 0.15) is 33.1 Å². The van der Waals surface area contributed by atoms with Crippen molar-refractivity contribution in [2.24, 2.45) is 11.3 Å². The molecule has 1 saturated heterocycles. The molecule has 120 valence electrons. The van der Waals surface area contributed by atoms with Crippen molar-refractivity contribution in [3.8, 4) is 0 Å². The summed E-state index contributed by atoms with van der Waals surface area (Å²) < 4.78 is 13.3. The Labute approximate surface area is 132 Å². The van der Waals surface area contributed by atoms with Crippen molar-refractivity contribution in [2.75, 3.05) is 31.1 Å². The molecule has 1 heterocycles. The number of carbonyl (C=O) groups is 1. The summed E-state index contributed by atoms with van der Waals surface area (Å²) in [6.07, 6.45) is 3.18. The fourth-order valence-corrected chi connectivity index (χ4v) is 3.76. The fraction of sp³-hybridized carbons (Fsp3) is 0.611. The van der Waals surface area contributed by atoms with Crippen LogP contribution in [0.3, 0.4) is 0 Å². The molecule has 22 heavy (non-hydrogen) atoms. The molecule has 3 nitrogen and oxygen atoms in total. The highest BCUT2D eigenvalue weighted by molar-refractivity contribution is 5.79. The Balaban J connectivity index is 1.57. The Hall–Kier alpha value is -1.58. The number of carbonyl (C=O) groups excluding carboxylic acids is 1. The van der Waals surface area contributed by atoms with Crippen LogP contribution >= 0.6 is 0 Å². The third-order valence-corrected chi connectivity index (χ3v) is 5.08. The fourth-order valence-electron chi connectivity index (χ4n) is 3.76. The minimum atomic E-state index is -0.204. The summed E-state index contributed by atoms with van der Waals surface area (Å²) in [5.41, 5.74) is 1.22. The van der Waals surface area contributed by atoms with E-state index in [0.29, 0.717) is 11.3 Å². The highest BCUT2D eigenvalue weighted by atomic mass is 19.1. The molecule has 1 aromatic rings. The smallest absolute Gasteiger partial charge is 0.225 e. The van der Waals surface area contributed by atoms with Crippen LogP contribution in [0.4, 0.5) is 10.1 Å². The van der Waals surface area contributed by atoms with Crippen LogP contribution < -0.4 is 4.90 Å². The molecule has 4 heteroatoms. The van der Waals surface area contributed by atoms with E-state index in [-0.39, 0.29) is 11.7 Å². The molecular formula is C18H25FN2O. The zero-order chi connectivity index (χ0) is 15.7. The van der Waals surface area contributed by atoms with Crippen molar-refractivity contribution in [1.29, 1.82) is 0 Å². The summed E-state index contributed by atoms with van der Waals surface area (Å²) in [7, 11) is 0. The van der Waals surface area contributed by atoms with Gasteiger partial charge >= 0.3 is 0 Å². The quantitative estimate of drug-likeness (QED) is 0.837. The number of piperazine rings is 1. The van der Waals surface area contributed by atoms with Gasteiger partial charge in [0, 0.05) is 37.8 Å². The minimum Gasteiger partial charge on any atom is -0.368 e. The molecule has 0 radical (unpaired) electrons. The van der Waals surface area contributed by atoms with E-state index in [1.54, 1.807) is 12.1 Å². The summed E-state index contributed by atoms with van der Waals surface area (Å²) in [6.45, 7) is 7.56. The number of anilines is 1. The van der Waals surface area contributed by atoms with E-state index in [1.807, 2.05) is 11.0 Å². The first-order valence-corrected chi connectivity index (χ1v) is 8.24. The molecule has 1 aliphatic carbocycles. The van der Waals surface area contributed by atoms with Gasteiger partial charge < -0.3 is 9.80 Å². The average Bonchev–Trinajstić information content (AvgIpc) is 2.87. The molecular weight excluding hydrogens is 279 g/mol. The zero-order valence-corrected chi connectivity index (χ0v) is 13.5. The van der Waals surface area contributed by atoms with Crippen LogP contribution in [-0.4, -0.2) is 37.0 Å². The van der Waals surface area contributed by atoms with E-state index >= 15 is 0 Å². The maximum atomic E-state index is 13.3. The van der Waals surface area contributed by atoms with Crippen LogP contribution in [0.25, 0.3) is 0 Å². The highest BCUT2D eigenvalue weighted by Gasteiger charge is 2.37. The number of benzene rings is 1. The molecule has 2 fully saturated rings. The van der Waals surface area contributed by atoms with E-state index < -0.39 is 0 Å². The van der Waals surface area contributed by atoms with Crippen molar-refractivity contribution in [3.05, 3.63) is 30.1 Å². The van der Waals surface area contributed by atoms with Crippen LogP contribution in [0.5, 0.6) is 0 Å². The third-order valence-electron chi connectivity index (χ3n) is 5.08. The van der Waals surface area contributed by atoms with E-state index in [9.17, 15) is 9.18 Å². The largest absolute Gasteiger partial charge is 0.368 e. The number of amides is 1. The van der Waals surface area contributed by atoms with Gasteiger partial charge in [-0.15, -0.1) is 0 Å². The monoisotopic (exact) mass is 304 g/mol. The van der Waals surface area contributed by atoms with Gasteiger partial charge in [-0.1, -0.05) is 19.9 Å². The molecule has 2 aliphatic rings. The van der Waals surface area contributed by atoms with E-state index in [2.05, 4.69) is 18.7 Å². The second-order valence-corrected chi connectivity index (χ2v) is 7.40. The van der Waals surface area contributed by atoms with Crippen molar-refractivity contribution < 1.29 is 9.18 Å². The topological polar surface area (TPSA) is 23.6 Å². The molecule has 1 saturated carbocycles. The Morgan fingerprint density at radius 1 is 1.23 bits per heavy atom. The van der Waals surface area contributed by atoms with E-state index in [0.717, 1.165) is 51.1 Å². The van der Waals surface area contributed by atoms with Gasteiger partial charge in [0.25, 0.3) is 0 Å². The molecule has 1 unspecified atom stereocenters. The Bertz CT molecular complexity index is 550. The number of hydrogen-bond donors (Lipinski definition) is 0. The Kier molecular flexibility index (Phi) is 4.11. The maximum absolute atomic E-state index is 13.3. The molecule has 1 atom stereocenters. The third kappa shape index (κ3) is 3.26. The van der Waals surface area contributed by atoms with Crippen molar-refractivity contribution in [2.45, 2.75) is 33.1 Å². The minimum absolute atomic E-state index is 0.204. The van der Waals surface area contributed by atoms with Gasteiger partial charge in [0.15, 0.2) is 0 Å². The Morgan fingerprint density at radius 2 is 1.95 bits per heavy atom. The summed E-state index contributed by atoms with van der Waals surface area (Å²) in [5, 5.41) is 0. The van der Waals surface area contributed by atoms with Gasteiger partial charge in [-0.2, -0.15) is 0 Å². The van der Waals surface area contributed by atoms with Gasteiger partial charge in [-0.3, -0.25) is 4.79 Å². The number of rotatable bonds is 2. The van der Waals surface area contributed by atoms with Gasteiger partial charge in [-0.05, 0) is 42.9 Å². The highest BCUT2D eigenvalue weighted by Crippen LogP contribution is 2.41. The van der Waals surface area contributed by atoms with E-state index in [4.69, 9.17) is 0 Å². The molecule has 1 aliphatic heterocycles. The predicted molar refractivity (Wildman–Crippen MR) is 86.3 cm³/mol. The number of nitrogens with zero attached hydrogens (tertiary/aromatic N) is 2. The van der Waals surface area contributed by atoms with Crippen molar-refractivity contribution in [3.63, 3.8) is 0 Å². The molecule has 0 bridgehead atoms. The molecule has 3 rings (SSSR count). The second-order valence-electron chi connectivity index (χ2n) is 7.40. The molecule has 1 aromatic carbocycles. The molecule has 0 aromatic heterocycles. The van der Waals surface area contributed by atoms with Gasteiger partial charge in [-0.25, -0.2) is 4.39 Å². The molecule has 0 N–H and O–H groups in total. The van der Waals surface area contributed by atoms with Gasteiger partial charge in [0.05, 0.1) is 0 Å². The lowest BCUT2D eigenvalue weighted by molar-refractivity contribution is -0.135. The lowest BCUT2D eigenvalue weighted by Gasteiger charge is -2.37. The standard InChI is InChI=1S/C18H25FN2O/c1-18(2)7-6-14(13-18)17(22)21-10-8-20(9-11-21)16-5-3-4-15(19)12-16/h3-5,12,14H,6-11,13H2,1-2H3. The summed E-state index contributed by atoms with van der Waals surface area (Å²) in [6, 6.07) is 6.70. The lowest BCUT2D eigenvalue weighted by Crippen LogP contribution is -2.50. The van der Waals surface area contributed by atoms with Crippen LogP contribution in [0.15, 0.2) is 24.3 Å². The molecule has 1 amide bonds. The maximum Gasteiger partial charge on any atom is 0.225 e. The van der Waals surface area contributed by atoms with Crippen LogP contribution in [0.2, 0.25) is 0 Å². The van der Waals surface area contributed by atoms with Crippen LogP contribution in [0, 0.1) is 17.2 Å². The average molecular weight is 304 g/mol. The lowest BCUT2D eigenvalue weighted by atomic mass is 9.90.